The Morgan fingerprint density at radius 3 is 2.84 bits per heavy atom. The van der Waals surface area contributed by atoms with Crippen LogP contribution in [0.5, 0.6) is 5.75 Å². The first kappa shape index (κ1) is 15.4. The van der Waals surface area contributed by atoms with Crippen LogP contribution in [0.15, 0.2) is 18.2 Å². The number of hydrogen-bond acceptors (Lipinski definition) is 4. The molecular formula is C14H20FNO3. The summed E-state index contributed by atoms with van der Waals surface area (Å²) in [6.07, 6.45) is 1.41. The zero-order valence-electron chi connectivity index (χ0n) is 11.3. The Morgan fingerprint density at radius 2 is 2.21 bits per heavy atom. The van der Waals surface area contributed by atoms with E-state index in [-0.39, 0.29) is 17.8 Å². The maximum absolute atomic E-state index is 13.2. The van der Waals surface area contributed by atoms with Gasteiger partial charge in [-0.3, -0.25) is 4.79 Å². The lowest BCUT2D eigenvalue weighted by Crippen LogP contribution is -2.18. The number of hydrogen-bond donors (Lipinski definition) is 1. The molecule has 0 saturated heterocycles. The molecule has 0 aromatic heterocycles. The number of methoxy groups -OCH3 is 1. The van der Waals surface area contributed by atoms with Gasteiger partial charge in [0.1, 0.15) is 11.6 Å². The standard InChI is InChI=1S/C14H20FNO3/c1-10(16)8-11-9-12(15)5-6-13(11)19-7-3-4-14(17)18-2/h5-6,9-10H,3-4,7-8,16H2,1-2H3. The van der Waals surface area contributed by atoms with E-state index in [0.717, 1.165) is 5.56 Å². The molecule has 0 aliphatic rings. The first-order chi connectivity index (χ1) is 9.02. The van der Waals surface area contributed by atoms with Crippen LogP contribution in [0.3, 0.4) is 0 Å². The number of rotatable bonds is 7. The number of esters is 1. The number of benzene rings is 1. The van der Waals surface area contributed by atoms with Crippen LogP contribution < -0.4 is 10.5 Å². The molecule has 5 heteroatoms. The number of nitrogens with two attached hydrogens (primary N) is 1. The average Bonchev–Trinajstić information content (AvgIpc) is 2.35. The lowest BCUT2D eigenvalue weighted by Gasteiger charge is -2.13. The number of ether oxygens (including phenoxy) is 2. The topological polar surface area (TPSA) is 61.5 Å². The molecule has 4 nitrogen and oxygen atoms in total. The first-order valence-electron chi connectivity index (χ1n) is 6.26. The van der Waals surface area contributed by atoms with Gasteiger partial charge in [-0.1, -0.05) is 0 Å². The SMILES string of the molecule is COC(=O)CCCOc1ccc(F)cc1CC(C)N. The summed E-state index contributed by atoms with van der Waals surface area (Å²) in [7, 11) is 1.35. The largest absolute Gasteiger partial charge is 0.493 e. The number of carbonyl (C=O) groups is 1. The van der Waals surface area contributed by atoms with Crippen LogP contribution in [-0.4, -0.2) is 25.7 Å². The van der Waals surface area contributed by atoms with Gasteiger partial charge in [0.25, 0.3) is 0 Å². The van der Waals surface area contributed by atoms with Gasteiger partial charge in [0.2, 0.25) is 0 Å². The Morgan fingerprint density at radius 1 is 1.47 bits per heavy atom. The summed E-state index contributed by atoms with van der Waals surface area (Å²) in [6, 6.07) is 4.30. The van der Waals surface area contributed by atoms with Crippen LogP contribution in [0.4, 0.5) is 4.39 Å². The van der Waals surface area contributed by atoms with Gasteiger partial charge in [0.05, 0.1) is 13.7 Å². The Balaban J connectivity index is 2.54. The summed E-state index contributed by atoms with van der Waals surface area (Å²) in [5.74, 6) is 0.0413. The molecule has 19 heavy (non-hydrogen) atoms. The third kappa shape index (κ3) is 5.70. The smallest absolute Gasteiger partial charge is 0.305 e. The van der Waals surface area contributed by atoms with Crippen molar-refractivity contribution in [3.05, 3.63) is 29.6 Å². The van der Waals surface area contributed by atoms with Gasteiger partial charge in [0, 0.05) is 12.5 Å². The van der Waals surface area contributed by atoms with Gasteiger partial charge < -0.3 is 15.2 Å². The van der Waals surface area contributed by atoms with Crippen LogP contribution >= 0.6 is 0 Å². The van der Waals surface area contributed by atoms with E-state index in [1.807, 2.05) is 6.92 Å². The van der Waals surface area contributed by atoms with Crippen molar-refractivity contribution < 1.29 is 18.7 Å². The highest BCUT2D eigenvalue weighted by Gasteiger charge is 2.08. The van der Waals surface area contributed by atoms with Crippen LogP contribution in [0, 0.1) is 5.82 Å². The second kappa shape index (κ2) is 7.74. The van der Waals surface area contributed by atoms with E-state index < -0.39 is 0 Å². The molecule has 1 rings (SSSR count). The molecule has 0 aliphatic carbocycles. The highest BCUT2D eigenvalue weighted by molar-refractivity contribution is 5.69. The van der Waals surface area contributed by atoms with Crippen molar-refractivity contribution in [2.75, 3.05) is 13.7 Å². The van der Waals surface area contributed by atoms with E-state index in [9.17, 15) is 9.18 Å². The van der Waals surface area contributed by atoms with Gasteiger partial charge >= 0.3 is 5.97 Å². The molecule has 0 fully saturated rings. The van der Waals surface area contributed by atoms with E-state index in [1.54, 1.807) is 6.07 Å². The molecule has 2 N–H and O–H groups in total. The highest BCUT2D eigenvalue weighted by Crippen LogP contribution is 2.21. The fraction of sp³-hybridized carbons (Fsp3) is 0.500. The minimum absolute atomic E-state index is 0.0702. The van der Waals surface area contributed by atoms with E-state index in [1.165, 1.54) is 19.2 Å². The van der Waals surface area contributed by atoms with Crippen molar-refractivity contribution in [3.8, 4) is 5.75 Å². The van der Waals surface area contributed by atoms with Crippen molar-refractivity contribution in [1.29, 1.82) is 0 Å². The van der Waals surface area contributed by atoms with Crippen LogP contribution in [0.2, 0.25) is 0 Å². The Labute approximate surface area is 112 Å². The summed E-state index contributed by atoms with van der Waals surface area (Å²) in [4.78, 5) is 10.9. The average molecular weight is 269 g/mol. The van der Waals surface area contributed by atoms with Crippen LogP contribution in [-0.2, 0) is 16.0 Å². The van der Waals surface area contributed by atoms with Crippen LogP contribution in [0.25, 0.3) is 0 Å². The first-order valence-corrected chi connectivity index (χ1v) is 6.26. The minimum Gasteiger partial charge on any atom is -0.493 e. The Kier molecular flexibility index (Phi) is 6.29. The van der Waals surface area contributed by atoms with Crippen molar-refractivity contribution in [1.82, 2.24) is 0 Å². The van der Waals surface area contributed by atoms with E-state index >= 15 is 0 Å². The zero-order chi connectivity index (χ0) is 14.3. The van der Waals surface area contributed by atoms with E-state index in [2.05, 4.69) is 4.74 Å². The van der Waals surface area contributed by atoms with E-state index in [0.29, 0.717) is 31.6 Å². The molecule has 1 aromatic carbocycles. The van der Waals surface area contributed by atoms with Crippen molar-refractivity contribution >= 4 is 5.97 Å². The summed E-state index contributed by atoms with van der Waals surface area (Å²) >= 11 is 0. The molecule has 106 valence electrons. The third-order valence-electron chi connectivity index (χ3n) is 2.57. The maximum atomic E-state index is 13.2. The molecule has 0 bridgehead atoms. The summed E-state index contributed by atoms with van der Waals surface area (Å²) < 4.78 is 23.3. The quantitative estimate of drug-likeness (QED) is 0.608. The zero-order valence-corrected chi connectivity index (χ0v) is 11.3. The fourth-order valence-electron chi connectivity index (χ4n) is 1.70. The van der Waals surface area contributed by atoms with Gasteiger partial charge in [-0.25, -0.2) is 4.39 Å². The minimum atomic E-state index is -0.308. The summed E-state index contributed by atoms with van der Waals surface area (Å²) in [5, 5.41) is 0. The molecule has 0 spiro atoms. The molecule has 0 heterocycles. The van der Waals surface area contributed by atoms with Gasteiger partial charge in [-0.05, 0) is 43.5 Å². The predicted molar refractivity (Wildman–Crippen MR) is 70.5 cm³/mol. The van der Waals surface area contributed by atoms with Crippen molar-refractivity contribution in [3.63, 3.8) is 0 Å². The van der Waals surface area contributed by atoms with Gasteiger partial charge in [-0.15, -0.1) is 0 Å². The monoisotopic (exact) mass is 269 g/mol. The van der Waals surface area contributed by atoms with Crippen molar-refractivity contribution in [2.24, 2.45) is 5.73 Å². The van der Waals surface area contributed by atoms with Gasteiger partial charge in [0.15, 0.2) is 0 Å². The molecule has 1 unspecified atom stereocenters. The molecule has 0 radical (unpaired) electrons. The molecule has 1 aromatic rings. The lowest BCUT2D eigenvalue weighted by molar-refractivity contribution is -0.140. The highest BCUT2D eigenvalue weighted by atomic mass is 19.1. The normalized spacial score (nSPS) is 12.0. The Bertz CT molecular complexity index is 421. The molecule has 0 saturated carbocycles. The molecule has 0 aliphatic heterocycles. The van der Waals surface area contributed by atoms with Crippen LogP contribution in [0.1, 0.15) is 25.3 Å². The predicted octanol–water partition coefficient (Wildman–Crippen LogP) is 2.05. The fourth-order valence-corrected chi connectivity index (χ4v) is 1.70. The summed E-state index contributed by atoms with van der Waals surface area (Å²) in [6.45, 7) is 2.23. The Hall–Kier alpha value is -1.62. The maximum Gasteiger partial charge on any atom is 0.305 e. The third-order valence-corrected chi connectivity index (χ3v) is 2.57. The molecule has 0 amide bonds. The molecule has 1 atom stereocenters. The summed E-state index contributed by atoms with van der Waals surface area (Å²) in [5.41, 5.74) is 6.46. The number of carbonyl (C=O) groups excluding carboxylic acids is 1. The van der Waals surface area contributed by atoms with Gasteiger partial charge in [-0.2, -0.15) is 0 Å². The number of halogens is 1. The lowest BCUT2D eigenvalue weighted by atomic mass is 10.1. The second-order valence-electron chi connectivity index (χ2n) is 4.46. The molecular weight excluding hydrogens is 249 g/mol. The van der Waals surface area contributed by atoms with Crippen molar-refractivity contribution in [2.45, 2.75) is 32.2 Å². The van der Waals surface area contributed by atoms with E-state index in [4.69, 9.17) is 10.5 Å². The second-order valence-corrected chi connectivity index (χ2v) is 4.46.